The van der Waals surface area contributed by atoms with Gasteiger partial charge >= 0.3 is 0 Å². The van der Waals surface area contributed by atoms with Crippen molar-refractivity contribution < 1.29 is 18.4 Å². The van der Waals surface area contributed by atoms with Crippen LogP contribution in [0.5, 0.6) is 0 Å². The van der Waals surface area contributed by atoms with E-state index in [1.807, 2.05) is 0 Å². The molecule has 8 nitrogen and oxygen atoms in total. The summed E-state index contributed by atoms with van der Waals surface area (Å²) in [5, 5.41) is 7.96. The van der Waals surface area contributed by atoms with Crippen molar-refractivity contribution in [3.63, 3.8) is 0 Å². The third-order valence-electron chi connectivity index (χ3n) is 4.92. The van der Waals surface area contributed by atoms with Crippen LogP contribution in [0.2, 0.25) is 0 Å². The molecule has 0 radical (unpaired) electrons. The molecule has 0 fully saturated rings. The van der Waals surface area contributed by atoms with Crippen LogP contribution in [0.25, 0.3) is 11.4 Å². The lowest BCUT2D eigenvalue weighted by atomic mass is 10.1. The minimum absolute atomic E-state index is 0.0475. The second kappa shape index (κ2) is 10.6. The molecule has 3 rings (SSSR count). The number of carbonyl (C=O) groups excluding carboxylic acids is 2. The van der Waals surface area contributed by atoms with Crippen LogP contribution in [-0.2, 0) is 22.6 Å². The van der Waals surface area contributed by atoms with Gasteiger partial charge in [0.15, 0.2) is 0 Å². The molecule has 0 saturated carbocycles. The summed E-state index contributed by atoms with van der Waals surface area (Å²) in [5.74, 6) is -1.65. The molecule has 1 atom stereocenters. The molecule has 3 aromatic rings. The molecule has 1 heterocycles. The zero-order valence-electron chi connectivity index (χ0n) is 18.0. The Labute approximate surface area is 188 Å². The molecule has 33 heavy (non-hydrogen) atoms. The SMILES string of the molecule is CN[C@@H](C)C(=O)Nc1c(CC(=O)NCc2ccc(F)cc2)nc(-c2ccc(F)cc2)[nH]c1=O. The van der Waals surface area contributed by atoms with Crippen molar-refractivity contribution in [1.82, 2.24) is 20.6 Å². The molecule has 0 saturated heterocycles. The van der Waals surface area contributed by atoms with Crippen LogP contribution in [-0.4, -0.2) is 34.9 Å². The Morgan fingerprint density at radius 3 is 2.24 bits per heavy atom. The number of nitrogens with one attached hydrogen (secondary N) is 4. The number of carbonyl (C=O) groups is 2. The van der Waals surface area contributed by atoms with Gasteiger partial charge < -0.3 is 20.9 Å². The van der Waals surface area contributed by atoms with Crippen LogP contribution in [0.3, 0.4) is 0 Å². The van der Waals surface area contributed by atoms with Crippen molar-refractivity contribution in [3.05, 3.63) is 81.8 Å². The molecule has 2 aromatic carbocycles. The zero-order chi connectivity index (χ0) is 24.0. The summed E-state index contributed by atoms with van der Waals surface area (Å²) in [6.45, 7) is 1.75. The van der Waals surface area contributed by atoms with Gasteiger partial charge in [0, 0.05) is 12.1 Å². The van der Waals surface area contributed by atoms with Gasteiger partial charge in [-0.15, -0.1) is 0 Å². The number of aromatic amines is 1. The first kappa shape index (κ1) is 23.7. The predicted molar refractivity (Wildman–Crippen MR) is 119 cm³/mol. The molecule has 4 N–H and O–H groups in total. The Bertz CT molecular complexity index is 1190. The second-order valence-electron chi connectivity index (χ2n) is 7.32. The molecule has 1 aromatic heterocycles. The molecule has 0 aliphatic rings. The van der Waals surface area contributed by atoms with Gasteiger partial charge in [-0.2, -0.15) is 0 Å². The highest BCUT2D eigenvalue weighted by atomic mass is 19.1. The van der Waals surface area contributed by atoms with E-state index in [1.54, 1.807) is 26.1 Å². The minimum Gasteiger partial charge on any atom is -0.352 e. The number of nitrogens with zero attached hydrogens (tertiary/aromatic N) is 1. The van der Waals surface area contributed by atoms with Gasteiger partial charge in [-0.05, 0) is 55.9 Å². The standard InChI is InChI=1S/C23H23F2N5O3/c1-13(26-2)22(32)29-20-18(11-19(31)27-12-14-3-7-16(24)8-4-14)28-21(30-23(20)33)15-5-9-17(25)10-6-15/h3-10,13,26H,11-12H2,1-2H3,(H,27,31)(H,29,32)(H,28,30,33)/t13-/m0/s1. The van der Waals surface area contributed by atoms with E-state index >= 15 is 0 Å². The number of benzene rings is 2. The Morgan fingerprint density at radius 2 is 1.64 bits per heavy atom. The van der Waals surface area contributed by atoms with Crippen molar-refractivity contribution in [2.45, 2.75) is 25.9 Å². The maximum absolute atomic E-state index is 13.3. The monoisotopic (exact) mass is 455 g/mol. The van der Waals surface area contributed by atoms with E-state index in [2.05, 4.69) is 25.9 Å². The fraction of sp³-hybridized carbons (Fsp3) is 0.217. The van der Waals surface area contributed by atoms with Gasteiger partial charge in [-0.1, -0.05) is 12.1 Å². The van der Waals surface area contributed by atoms with Gasteiger partial charge in [-0.25, -0.2) is 13.8 Å². The van der Waals surface area contributed by atoms with Crippen LogP contribution in [0, 0.1) is 11.6 Å². The average molecular weight is 455 g/mol. The maximum atomic E-state index is 13.3. The highest BCUT2D eigenvalue weighted by Gasteiger charge is 2.20. The number of likely N-dealkylation sites (N-methyl/N-ethyl adjacent to an activating group) is 1. The number of anilines is 1. The van der Waals surface area contributed by atoms with Crippen molar-refractivity contribution in [2.24, 2.45) is 0 Å². The lowest BCUT2D eigenvalue weighted by Gasteiger charge is -2.14. The average Bonchev–Trinajstić information content (AvgIpc) is 2.80. The molecule has 0 unspecified atom stereocenters. The van der Waals surface area contributed by atoms with E-state index in [0.717, 1.165) is 0 Å². The molecule has 0 spiro atoms. The summed E-state index contributed by atoms with van der Waals surface area (Å²) in [4.78, 5) is 44.6. The van der Waals surface area contributed by atoms with Crippen LogP contribution in [0.15, 0.2) is 53.3 Å². The van der Waals surface area contributed by atoms with Crippen molar-refractivity contribution in [3.8, 4) is 11.4 Å². The van der Waals surface area contributed by atoms with Gasteiger partial charge in [0.25, 0.3) is 5.56 Å². The van der Waals surface area contributed by atoms with Gasteiger partial charge in [0.05, 0.1) is 18.2 Å². The predicted octanol–water partition coefficient (Wildman–Crippen LogP) is 2.12. The highest BCUT2D eigenvalue weighted by molar-refractivity contribution is 5.95. The first-order valence-electron chi connectivity index (χ1n) is 10.1. The zero-order valence-corrected chi connectivity index (χ0v) is 18.0. The molecule has 0 aliphatic heterocycles. The van der Waals surface area contributed by atoms with Crippen LogP contribution >= 0.6 is 0 Å². The lowest BCUT2D eigenvalue weighted by molar-refractivity contribution is -0.121. The summed E-state index contributed by atoms with van der Waals surface area (Å²) in [6, 6.07) is 10.4. The van der Waals surface area contributed by atoms with Crippen LogP contribution < -0.4 is 21.5 Å². The topological polar surface area (TPSA) is 116 Å². The molecule has 172 valence electrons. The summed E-state index contributed by atoms with van der Waals surface area (Å²) in [7, 11) is 1.59. The van der Waals surface area contributed by atoms with E-state index in [9.17, 15) is 23.2 Å². The van der Waals surface area contributed by atoms with Gasteiger partial charge in [0.1, 0.15) is 23.1 Å². The quantitative estimate of drug-likeness (QED) is 0.415. The van der Waals surface area contributed by atoms with Gasteiger partial charge in [0.2, 0.25) is 11.8 Å². The molecular formula is C23H23F2N5O3. The number of halogens is 2. The fourth-order valence-corrected chi connectivity index (χ4v) is 2.90. The first-order chi connectivity index (χ1) is 15.8. The molecule has 2 amide bonds. The smallest absolute Gasteiger partial charge is 0.275 e. The van der Waals surface area contributed by atoms with Crippen LogP contribution in [0.1, 0.15) is 18.2 Å². The Hall–Kier alpha value is -3.92. The van der Waals surface area contributed by atoms with E-state index in [4.69, 9.17) is 0 Å². The normalized spacial score (nSPS) is 11.6. The first-order valence-corrected chi connectivity index (χ1v) is 10.1. The second-order valence-corrected chi connectivity index (χ2v) is 7.32. The van der Waals surface area contributed by atoms with Crippen LogP contribution in [0.4, 0.5) is 14.5 Å². The summed E-state index contributed by atoms with van der Waals surface area (Å²) >= 11 is 0. The largest absolute Gasteiger partial charge is 0.352 e. The maximum Gasteiger partial charge on any atom is 0.275 e. The van der Waals surface area contributed by atoms with Crippen molar-refractivity contribution in [1.29, 1.82) is 0 Å². The number of amides is 2. The summed E-state index contributed by atoms with van der Waals surface area (Å²) < 4.78 is 26.3. The number of aromatic nitrogens is 2. The van der Waals surface area contributed by atoms with E-state index < -0.39 is 29.2 Å². The van der Waals surface area contributed by atoms with Gasteiger partial charge in [-0.3, -0.25) is 14.4 Å². The van der Waals surface area contributed by atoms with Crippen molar-refractivity contribution >= 4 is 17.5 Å². The van der Waals surface area contributed by atoms with Crippen molar-refractivity contribution in [2.75, 3.05) is 12.4 Å². The number of rotatable bonds is 8. The third kappa shape index (κ3) is 6.30. The number of hydrogen-bond donors (Lipinski definition) is 4. The van der Waals surface area contributed by atoms with E-state index in [1.165, 1.54) is 36.4 Å². The summed E-state index contributed by atoms with van der Waals surface area (Å²) in [5.41, 5.74) is 0.369. The number of H-pyrrole nitrogens is 1. The Kier molecular flexibility index (Phi) is 7.62. The molecule has 10 heteroatoms. The summed E-state index contributed by atoms with van der Waals surface area (Å²) in [6.07, 6.45) is -0.303. The molecular weight excluding hydrogens is 432 g/mol. The Morgan fingerprint density at radius 1 is 1.03 bits per heavy atom. The molecule has 0 aliphatic carbocycles. The Balaban J connectivity index is 1.88. The highest BCUT2D eigenvalue weighted by Crippen LogP contribution is 2.18. The minimum atomic E-state index is -0.651. The van der Waals surface area contributed by atoms with E-state index in [0.29, 0.717) is 11.1 Å². The fourth-order valence-electron chi connectivity index (χ4n) is 2.90. The number of hydrogen-bond acceptors (Lipinski definition) is 5. The van der Waals surface area contributed by atoms with E-state index in [-0.39, 0.29) is 36.0 Å². The molecule has 0 bridgehead atoms. The third-order valence-corrected chi connectivity index (χ3v) is 4.92. The lowest BCUT2D eigenvalue weighted by Crippen LogP contribution is -2.38.